The predicted molar refractivity (Wildman–Crippen MR) is 111 cm³/mol. The summed E-state index contributed by atoms with van der Waals surface area (Å²) in [6.45, 7) is 6.55. The maximum Gasteiger partial charge on any atom is 0.261 e. The van der Waals surface area contributed by atoms with Crippen LogP contribution in [0.2, 0.25) is 5.02 Å². The third kappa shape index (κ3) is 5.39. The van der Waals surface area contributed by atoms with Crippen molar-refractivity contribution in [3.63, 3.8) is 0 Å². The molecule has 142 valence electrons. The minimum Gasteiger partial charge on any atom is -0.383 e. The van der Waals surface area contributed by atoms with E-state index in [1.807, 2.05) is 19.1 Å². The Bertz CT molecular complexity index is 836. The highest BCUT2D eigenvalue weighted by molar-refractivity contribution is 8.00. The first kappa shape index (κ1) is 21.1. The number of hydrogen-bond acceptors (Lipinski definition) is 4. The van der Waals surface area contributed by atoms with E-state index in [2.05, 4.69) is 18.6 Å². The number of rotatable bonds is 8. The monoisotopic (exact) mass is 413 g/mol. The molecule has 7 heteroatoms. The van der Waals surface area contributed by atoms with Crippen molar-refractivity contribution in [1.82, 2.24) is 0 Å². The molecule has 0 saturated carbocycles. The fraction of sp³-hybridized carbons (Fsp3) is 0.368. The van der Waals surface area contributed by atoms with Crippen LogP contribution in [0.5, 0.6) is 0 Å². The molecule has 26 heavy (non-hydrogen) atoms. The third-order valence-electron chi connectivity index (χ3n) is 3.71. The largest absolute Gasteiger partial charge is 0.383 e. The minimum absolute atomic E-state index is 0.0329. The summed E-state index contributed by atoms with van der Waals surface area (Å²) in [5, 5.41) is 0.689. The summed E-state index contributed by atoms with van der Waals surface area (Å²) in [5.41, 5.74) is 2.22. The maximum atomic E-state index is 12.8. The molecule has 1 unspecified atom stereocenters. The van der Waals surface area contributed by atoms with Crippen molar-refractivity contribution in [2.75, 3.05) is 18.4 Å². The van der Waals surface area contributed by atoms with Crippen molar-refractivity contribution in [2.24, 2.45) is 0 Å². The number of benzene rings is 2. The van der Waals surface area contributed by atoms with Crippen LogP contribution < -0.4 is 4.72 Å². The minimum atomic E-state index is -3.74. The highest BCUT2D eigenvalue weighted by Gasteiger charge is 2.23. The van der Waals surface area contributed by atoms with Gasteiger partial charge in [-0.05, 0) is 35.9 Å². The lowest BCUT2D eigenvalue weighted by atomic mass is 10.1. The molecule has 0 bridgehead atoms. The van der Waals surface area contributed by atoms with E-state index < -0.39 is 10.0 Å². The molecule has 0 aliphatic heterocycles. The summed E-state index contributed by atoms with van der Waals surface area (Å²) in [6.07, 6.45) is 0. The zero-order valence-electron chi connectivity index (χ0n) is 15.3. The van der Waals surface area contributed by atoms with E-state index in [1.165, 1.54) is 0 Å². The molecule has 0 spiro atoms. The lowest BCUT2D eigenvalue weighted by Crippen LogP contribution is -2.16. The van der Waals surface area contributed by atoms with E-state index in [4.69, 9.17) is 16.3 Å². The first-order valence-electron chi connectivity index (χ1n) is 8.27. The first-order chi connectivity index (χ1) is 12.2. The van der Waals surface area contributed by atoms with Gasteiger partial charge in [-0.1, -0.05) is 55.3 Å². The Morgan fingerprint density at radius 1 is 1.15 bits per heavy atom. The van der Waals surface area contributed by atoms with Crippen molar-refractivity contribution in [3.05, 3.63) is 58.6 Å². The number of halogens is 1. The van der Waals surface area contributed by atoms with Crippen LogP contribution >= 0.6 is 23.4 Å². The summed E-state index contributed by atoms with van der Waals surface area (Å²) in [6, 6.07) is 12.1. The molecular formula is C19H24ClNO3S2. The Hall–Kier alpha value is -1.21. The normalized spacial score (nSPS) is 13.0. The number of ether oxygens (including phenoxy) is 1. The number of sulfonamides is 1. The van der Waals surface area contributed by atoms with E-state index in [-0.39, 0.29) is 10.1 Å². The van der Waals surface area contributed by atoms with Gasteiger partial charge < -0.3 is 4.74 Å². The average Bonchev–Trinajstić information content (AvgIpc) is 2.56. The van der Waals surface area contributed by atoms with Gasteiger partial charge in [0.15, 0.2) is 0 Å². The molecule has 2 aromatic carbocycles. The van der Waals surface area contributed by atoms with Gasteiger partial charge in [-0.15, -0.1) is 11.8 Å². The van der Waals surface area contributed by atoms with E-state index in [0.717, 1.165) is 11.1 Å². The van der Waals surface area contributed by atoms with Gasteiger partial charge in [0.05, 0.1) is 27.5 Å². The molecule has 0 aliphatic carbocycles. The molecule has 4 nitrogen and oxygen atoms in total. The Labute approximate surface area is 165 Å². The summed E-state index contributed by atoms with van der Waals surface area (Å²) in [7, 11) is -2.10. The summed E-state index contributed by atoms with van der Waals surface area (Å²) < 4.78 is 33.6. The molecule has 1 atom stereocenters. The van der Waals surface area contributed by atoms with Crippen molar-refractivity contribution in [3.8, 4) is 0 Å². The Morgan fingerprint density at radius 2 is 1.81 bits per heavy atom. The smallest absolute Gasteiger partial charge is 0.261 e. The molecule has 0 saturated heterocycles. The zero-order chi connectivity index (χ0) is 19.3. The van der Waals surface area contributed by atoms with Crippen LogP contribution in [0.1, 0.15) is 30.2 Å². The molecule has 2 rings (SSSR count). The van der Waals surface area contributed by atoms with Gasteiger partial charge in [0.1, 0.15) is 0 Å². The SMILES string of the molecule is COCC(SC(C)C)c1cccc(Cl)c1NS(=O)(=O)c1ccc(C)cc1. The van der Waals surface area contributed by atoms with Gasteiger partial charge in [-0.2, -0.15) is 0 Å². The highest BCUT2D eigenvalue weighted by Crippen LogP contribution is 2.40. The van der Waals surface area contributed by atoms with Crippen molar-refractivity contribution >= 4 is 39.1 Å². The molecule has 0 radical (unpaired) electrons. The number of hydrogen-bond donors (Lipinski definition) is 1. The highest BCUT2D eigenvalue weighted by atomic mass is 35.5. The summed E-state index contributed by atoms with van der Waals surface area (Å²) in [4.78, 5) is 0.203. The molecule has 0 aromatic heterocycles. The molecule has 0 aliphatic rings. The molecular weight excluding hydrogens is 390 g/mol. The quantitative estimate of drug-likeness (QED) is 0.639. The molecule has 0 fully saturated rings. The standard InChI is InChI=1S/C19H24ClNO3S2/c1-13(2)25-18(12-24-4)16-6-5-7-17(20)19(16)21-26(22,23)15-10-8-14(3)9-11-15/h5-11,13,18,21H,12H2,1-4H3. The summed E-state index contributed by atoms with van der Waals surface area (Å²) in [5.74, 6) is 0. The van der Waals surface area contributed by atoms with Crippen molar-refractivity contribution in [2.45, 2.75) is 36.2 Å². The van der Waals surface area contributed by atoms with Gasteiger partial charge in [-0.25, -0.2) is 8.42 Å². The van der Waals surface area contributed by atoms with Crippen LogP contribution in [-0.4, -0.2) is 27.4 Å². The molecule has 1 N–H and O–H groups in total. The van der Waals surface area contributed by atoms with Gasteiger partial charge in [0.2, 0.25) is 0 Å². The van der Waals surface area contributed by atoms with Gasteiger partial charge in [0, 0.05) is 7.11 Å². The number of anilines is 1. The third-order valence-corrected chi connectivity index (χ3v) is 6.66. The van der Waals surface area contributed by atoms with Crippen LogP contribution in [0.25, 0.3) is 0 Å². The van der Waals surface area contributed by atoms with E-state index in [0.29, 0.717) is 22.6 Å². The maximum absolute atomic E-state index is 12.8. The number of aryl methyl sites for hydroxylation is 1. The Balaban J connectivity index is 2.44. The van der Waals surface area contributed by atoms with Crippen molar-refractivity contribution < 1.29 is 13.2 Å². The molecule has 2 aromatic rings. The van der Waals surface area contributed by atoms with Crippen LogP contribution in [0.3, 0.4) is 0 Å². The van der Waals surface area contributed by atoms with E-state index >= 15 is 0 Å². The fourth-order valence-corrected chi connectivity index (χ4v) is 5.12. The topological polar surface area (TPSA) is 55.4 Å². The van der Waals surface area contributed by atoms with Crippen LogP contribution in [0.15, 0.2) is 47.4 Å². The first-order valence-corrected chi connectivity index (χ1v) is 11.1. The lowest BCUT2D eigenvalue weighted by Gasteiger charge is -2.22. The van der Waals surface area contributed by atoms with Gasteiger partial charge in [0.25, 0.3) is 10.0 Å². The Morgan fingerprint density at radius 3 is 2.38 bits per heavy atom. The second-order valence-corrected chi connectivity index (χ2v) is 10.1. The average molecular weight is 414 g/mol. The van der Waals surface area contributed by atoms with Crippen LogP contribution in [0, 0.1) is 6.92 Å². The zero-order valence-corrected chi connectivity index (χ0v) is 17.7. The second kappa shape index (κ2) is 9.13. The summed E-state index contributed by atoms with van der Waals surface area (Å²) >= 11 is 8.06. The number of nitrogens with one attached hydrogen (secondary N) is 1. The predicted octanol–water partition coefficient (Wildman–Crippen LogP) is 5.28. The Kier molecular flexibility index (Phi) is 7.41. The fourth-order valence-electron chi connectivity index (χ4n) is 2.51. The van der Waals surface area contributed by atoms with E-state index in [9.17, 15) is 8.42 Å². The van der Waals surface area contributed by atoms with Crippen LogP contribution in [-0.2, 0) is 14.8 Å². The van der Waals surface area contributed by atoms with Gasteiger partial charge in [-0.3, -0.25) is 4.72 Å². The number of para-hydroxylation sites is 1. The lowest BCUT2D eigenvalue weighted by molar-refractivity contribution is 0.200. The van der Waals surface area contributed by atoms with Gasteiger partial charge >= 0.3 is 0 Å². The molecule has 0 amide bonds. The number of methoxy groups -OCH3 is 1. The van der Waals surface area contributed by atoms with E-state index in [1.54, 1.807) is 49.2 Å². The molecule has 0 heterocycles. The second-order valence-electron chi connectivity index (χ2n) is 6.25. The van der Waals surface area contributed by atoms with Crippen LogP contribution in [0.4, 0.5) is 5.69 Å². The number of thioether (sulfide) groups is 1. The van der Waals surface area contributed by atoms with Crippen molar-refractivity contribution in [1.29, 1.82) is 0 Å².